The first-order chi connectivity index (χ1) is 11.8. The molecule has 116 valence electrons. The number of hydrogen-bond acceptors (Lipinski definition) is 2. The van der Waals surface area contributed by atoms with E-state index in [0.29, 0.717) is 8.19 Å². The monoisotopic (exact) mass is 346 g/mol. The maximum absolute atomic E-state index is 13.0. The van der Waals surface area contributed by atoms with Gasteiger partial charge in [-0.25, -0.2) is 0 Å². The Kier molecular flexibility index (Phi) is 4.17. The molecule has 0 fully saturated rings. The van der Waals surface area contributed by atoms with E-state index in [-0.39, 0.29) is 5.78 Å². The molecule has 0 N–H and O–H groups in total. The highest BCUT2D eigenvalue weighted by Crippen LogP contribution is 2.43. The number of hydrogen-bond donors (Lipinski definition) is 0. The fourth-order valence-corrected chi connectivity index (χ4v) is 4.89. The minimum Gasteiger partial charge on any atom is -0.288 e. The van der Waals surface area contributed by atoms with E-state index in [0.717, 1.165) is 21.3 Å². The molecular weight excluding hydrogens is 331 g/mol. The Balaban J connectivity index is 1.88. The van der Waals surface area contributed by atoms with Gasteiger partial charge >= 0.3 is 0 Å². The molecule has 2 aromatic heterocycles. The van der Waals surface area contributed by atoms with Crippen LogP contribution >= 0.6 is 19.5 Å². The van der Waals surface area contributed by atoms with Crippen molar-refractivity contribution in [1.82, 2.24) is 0 Å². The third kappa shape index (κ3) is 2.87. The summed E-state index contributed by atoms with van der Waals surface area (Å²) in [6.45, 7) is 0. The van der Waals surface area contributed by atoms with Gasteiger partial charge in [-0.15, -0.1) is 19.5 Å². The van der Waals surface area contributed by atoms with E-state index < -0.39 is 0 Å². The van der Waals surface area contributed by atoms with Gasteiger partial charge < -0.3 is 0 Å². The quantitative estimate of drug-likeness (QED) is 0.394. The molecule has 0 saturated carbocycles. The maximum atomic E-state index is 13.0. The molecule has 3 heteroatoms. The minimum atomic E-state index is 0.127. The highest BCUT2D eigenvalue weighted by Gasteiger charge is 2.19. The summed E-state index contributed by atoms with van der Waals surface area (Å²) in [4.78, 5) is 13.8. The van der Waals surface area contributed by atoms with Crippen LogP contribution in [0.2, 0.25) is 0 Å². The molecule has 4 aromatic rings. The van der Waals surface area contributed by atoms with Crippen LogP contribution in [0.1, 0.15) is 15.2 Å². The molecule has 1 nitrogen and oxygen atoms in total. The van der Waals surface area contributed by atoms with Crippen LogP contribution < -0.4 is 0 Å². The molecule has 0 amide bonds. The lowest BCUT2D eigenvalue weighted by atomic mass is 10.0. The van der Waals surface area contributed by atoms with Gasteiger partial charge in [0.1, 0.15) is 0 Å². The molecule has 2 heterocycles. The summed E-state index contributed by atoms with van der Waals surface area (Å²) in [6.07, 6.45) is 0. The van der Waals surface area contributed by atoms with Crippen molar-refractivity contribution in [2.75, 3.05) is 0 Å². The van der Waals surface area contributed by atoms with Crippen LogP contribution in [-0.4, -0.2) is 5.78 Å². The van der Waals surface area contributed by atoms with Gasteiger partial charge in [0.25, 0.3) is 0 Å². The molecule has 1 atom stereocenters. The van der Waals surface area contributed by atoms with Gasteiger partial charge in [-0.05, 0) is 33.9 Å². The largest absolute Gasteiger partial charge is 0.288 e. The number of thiophene rings is 1. The van der Waals surface area contributed by atoms with Crippen molar-refractivity contribution in [2.45, 2.75) is 0 Å². The Hall–Kier alpha value is -2.41. The van der Waals surface area contributed by atoms with Gasteiger partial charge in [0.2, 0.25) is 5.78 Å². The van der Waals surface area contributed by atoms with Gasteiger partial charge in [-0.2, -0.15) is 0 Å². The van der Waals surface area contributed by atoms with Crippen LogP contribution in [0.3, 0.4) is 0 Å². The van der Waals surface area contributed by atoms with Crippen molar-refractivity contribution in [2.24, 2.45) is 0 Å². The van der Waals surface area contributed by atoms with E-state index in [9.17, 15) is 4.79 Å². The smallest absolute Gasteiger partial charge is 0.203 e. The molecule has 4 rings (SSSR count). The first-order valence-electron chi connectivity index (χ1n) is 7.75. The molecule has 0 aliphatic heterocycles. The van der Waals surface area contributed by atoms with Gasteiger partial charge in [0, 0.05) is 10.9 Å². The first-order valence-corrected chi connectivity index (χ1v) is 9.63. The molecule has 0 aliphatic rings. The van der Waals surface area contributed by atoms with Crippen molar-refractivity contribution in [3.8, 4) is 21.7 Å². The molecule has 0 saturated heterocycles. The highest BCUT2D eigenvalue weighted by molar-refractivity contribution is 7.38. The lowest BCUT2D eigenvalue weighted by Gasteiger charge is -2.02. The van der Waals surface area contributed by atoms with E-state index in [4.69, 9.17) is 0 Å². The summed E-state index contributed by atoms with van der Waals surface area (Å²) in [5.41, 5.74) is 3.16. The summed E-state index contributed by atoms with van der Waals surface area (Å²) in [5.74, 6) is 0.127. The average Bonchev–Trinajstić information content (AvgIpc) is 3.33. The number of ketones is 1. The van der Waals surface area contributed by atoms with Crippen LogP contribution in [0.15, 0.2) is 84.2 Å². The summed E-state index contributed by atoms with van der Waals surface area (Å²) in [7, 11) is 0.498. The zero-order valence-electron chi connectivity index (χ0n) is 12.9. The third-order valence-corrected chi connectivity index (χ3v) is 6.33. The predicted molar refractivity (Wildman–Crippen MR) is 105 cm³/mol. The Labute approximate surface area is 146 Å². The zero-order valence-corrected chi connectivity index (χ0v) is 14.7. The SMILES string of the molecule is O=C(c1cccs1)c1cc(-c2ccccc2)[pH]c1-c1ccccc1. The van der Waals surface area contributed by atoms with Crippen LogP contribution in [0.25, 0.3) is 21.7 Å². The summed E-state index contributed by atoms with van der Waals surface area (Å²) < 4.78 is 0. The Morgan fingerprint density at radius 1 is 0.792 bits per heavy atom. The van der Waals surface area contributed by atoms with Gasteiger partial charge in [0.05, 0.1) is 4.88 Å². The number of carbonyl (C=O) groups is 1. The third-order valence-electron chi connectivity index (χ3n) is 3.95. The number of rotatable bonds is 4. The second kappa shape index (κ2) is 6.60. The molecule has 0 spiro atoms. The van der Waals surface area contributed by atoms with E-state index in [2.05, 4.69) is 30.3 Å². The van der Waals surface area contributed by atoms with Crippen LogP contribution in [0.5, 0.6) is 0 Å². The van der Waals surface area contributed by atoms with Crippen molar-refractivity contribution < 1.29 is 4.79 Å². The van der Waals surface area contributed by atoms with Crippen molar-refractivity contribution >= 4 is 25.3 Å². The lowest BCUT2D eigenvalue weighted by Crippen LogP contribution is -1.98. The molecule has 0 bridgehead atoms. The van der Waals surface area contributed by atoms with Crippen molar-refractivity contribution in [1.29, 1.82) is 0 Å². The molecule has 24 heavy (non-hydrogen) atoms. The molecule has 0 radical (unpaired) electrons. The van der Waals surface area contributed by atoms with Crippen LogP contribution in [0, 0.1) is 0 Å². The predicted octanol–water partition coefficient (Wildman–Crippen LogP) is 6.34. The minimum absolute atomic E-state index is 0.127. The molecule has 0 aliphatic carbocycles. The van der Waals surface area contributed by atoms with E-state index in [1.165, 1.54) is 22.2 Å². The number of benzene rings is 2. The maximum Gasteiger partial charge on any atom is 0.203 e. The van der Waals surface area contributed by atoms with E-state index in [1.807, 2.05) is 53.9 Å². The standard InChI is InChI=1S/C21H15OPS/c22-20(19-12-7-13-24-19)17-14-18(15-8-3-1-4-9-15)23-21(17)16-10-5-2-6-11-16/h1-14,23H. The fraction of sp³-hybridized carbons (Fsp3) is 0. The Bertz CT molecular complexity index is 954. The topological polar surface area (TPSA) is 17.1 Å². The zero-order chi connectivity index (χ0) is 16.4. The Morgan fingerprint density at radius 2 is 1.46 bits per heavy atom. The van der Waals surface area contributed by atoms with Crippen molar-refractivity contribution in [3.05, 3.63) is 94.7 Å². The lowest BCUT2D eigenvalue weighted by molar-refractivity contribution is 0.104. The first kappa shape index (κ1) is 15.1. The van der Waals surface area contributed by atoms with Crippen LogP contribution in [-0.2, 0) is 0 Å². The van der Waals surface area contributed by atoms with E-state index in [1.54, 1.807) is 0 Å². The average molecular weight is 346 g/mol. The fourth-order valence-electron chi connectivity index (χ4n) is 2.78. The van der Waals surface area contributed by atoms with Crippen molar-refractivity contribution in [3.63, 3.8) is 0 Å². The second-order valence-electron chi connectivity index (χ2n) is 5.51. The molecular formula is C21H15OPS. The van der Waals surface area contributed by atoms with Gasteiger partial charge in [0.15, 0.2) is 0 Å². The highest BCUT2D eigenvalue weighted by atomic mass is 32.1. The summed E-state index contributed by atoms with van der Waals surface area (Å²) in [6, 6.07) is 26.5. The molecule has 2 aromatic carbocycles. The number of carbonyl (C=O) groups excluding carboxylic acids is 1. The summed E-state index contributed by atoms with van der Waals surface area (Å²) in [5, 5.41) is 4.33. The summed E-state index contributed by atoms with van der Waals surface area (Å²) >= 11 is 1.50. The van der Waals surface area contributed by atoms with Gasteiger partial charge in [-0.1, -0.05) is 66.7 Å². The van der Waals surface area contributed by atoms with E-state index >= 15 is 0 Å². The second-order valence-corrected chi connectivity index (χ2v) is 7.75. The van der Waals surface area contributed by atoms with Crippen LogP contribution in [0.4, 0.5) is 0 Å². The Morgan fingerprint density at radius 3 is 2.08 bits per heavy atom. The normalized spacial score (nSPS) is 11.0. The van der Waals surface area contributed by atoms with Gasteiger partial charge in [-0.3, -0.25) is 4.79 Å². The molecule has 1 unspecified atom stereocenters.